The summed E-state index contributed by atoms with van der Waals surface area (Å²) < 4.78 is 21.2. The highest BCUT2D eigenvalue weighted by molar-refractivity contribution is 6.28. The minimum Gasteiger partial charge on any atom is -0.394 e. The van der Waals surface area contributed by atoms with Crippen molar-refractivity contribution in [3.63, 3.8) is 0 Å². The fraction of sp³-hybridized carbons (Fsp3) is 0.667. The van der Waals surface area contributed by atoms with Gasteiger partial charge in [-0.2, -0.15) is 9.97 Å². The second kappa shape index (κ2) is 6.64. The van der Waals surface area contributed by atoms with Crippen LogP contribution in [0.5, 0.6) is 0 Å². The Labute approximate surface area is 148 Å². The molecular formula is C15H19ClFN5O3. The van der Waals surface area contributed by atoms with Crippen LogP contribution in [0.15, 0.2) is 6.33 Å². The minimum atomic E-state index is -1.71. The molecule has 3 heterocycles. The molecular weight excluding hydrogens is 353 g/mol. The third-order valence-electron chi connectivity index (χ3n) is 4.84. The summed E-state index contributed by atoms with van der Waals surface area (Å²) >= 11 is 6.04. The number of fused-ring (bicyclic) bond motifs is 1. The van der Waals surface area contributed by atoms with E-state index in [1.165, 1.54) is 10.9 Å². The Morgan fingerprint density at radius 1 is 1.36 bits per heavy atom. The highest BCUT2D eigenvalue weighted by atomic mass is 35.5. The molecule has 0 spiro atoms. The number of alkyl halides is 1. The van der Waals surface area contributed by atoms with E-state index < -0.39 is 31.2 Å². The van der Waals surface area contributed by atoms with Crippen LogP contribution in [0.2, 0.25) is 5.28 Å². The van der Waals surface area contributed by atoms with Crippen molar-refractivity contribution >= 4 is 28.6 Å². The van der Waals surface area contributed by atoms with Crippen molar-refractivity contribution in [1.29, 1.82) is 0 Å². The van der Waals surface area contributed by atoms with E-state index in [2.05, 4.69) is 20.3 Å². The minimum absolute atomic E-state index is 0.0161. The molecule has 25 heavy (non-hydrogen) atoms. The number of ether oxygens (including phenoxy) is 1. The molecule has 2 aromatic heterocycles. The maximum Gasteiger partial charge on any atom is 0.226 e. The Balaban J connectivity index is 1.70. The van der Waals surface area contributed by atoms with Gasteiger partial charge in [0.1, 0.15) is 12.2 Å². The second-order valence-corrected chi connectivity index (χ2v) is 6.81. The highest BCUT2D eigenvalue weighted by Gasteiger charge is 2.45. The van der Waals surface area contributed by atoms with Gasteiger partial charge in [-0.1, -0.05) is 12.8 Å². The van der Waals surface area contributed by atoms with Crippen molar-refractivity contribution in [2.45, 2.75) is 56.3 Å². The van der Waals surface area contributed by atoms with Gasteiger partial charge in [-0.05, 0) is 24.4 Å². The molecule has 2 aliphatic rings. The van der Waals surface area contributed by atoms with Crippen molar-refractivity contribution in [1.82, 2.24) is 19.5 Å². The molecule has 4 atom stereocenters. The van der Waals surface area contributed by atoms with Crippen LogP contribution in [0.4, 0.5) is 10.2 Å². The molecule has 136 valence electrons. The Morgan fingerprint density at radius 3 is 2.80 bits per heavy atom. The lowest BCUT2D eigenvalue weighted by Gasteiger charge is -2.16. The molecule has 0 radical (unpaired) electrons. The number of nitrogens with zero attached hydrogens (tertiary/aromatic N) is 4. The van der Waals surface area contributed by atoms with Gasteiger partial charge in [0, 0.05) is 6.04 Å². The summed E-state index contributed by atoms with van der Waals surface area (Å²) in [6.07, 6.45) is 0.545. The normalized spacial score (nSPS) is 30.4. The van der Waals surface area contributed by atoms with Crippen LogP contribution >= 0.6 is 11.6 Å². The Hall–Kier alpha value is -1.55. The van der Waals surface area contributed by atoms with Gasteiger partial charge in [0.2, 0.25) is 5.28 Å². The molecule has 0 bridgehead atoms. The SMILES string of the molecule is OC[C@H]1O[C@@H](n2cnc3c(NC4CCCC4)nc(Cl)nc32)[C@@H](F)[C@@H]1O. The van der Waals surface area contributed by atoms with Crippen LogP contribution in [0, 0.1) is 0 Å². The molecule has 2 aromatic rings. The zero-order valence-electron chi connectivity index (χ0n) is 13.3. The van der Waals surface area contributed by atoms with E-state index in [0.29, 0.717) is 23.0 Å². The van der Waals surface area contributed by atoms with Gasteiger partial charge in [-0.25, -0.2) is 9.37 Å². The van der Waals surface area contributed by atoms with Crippen LogP contribution in [-0.2, 0) is 4.74 Å². The summed E-state index contributed by atoms with van der Waals surface area (Å²) in [5.41, 5.74) is 0.785. The van der Waals surface area contributed by atoms with Gasteiger partial charge in [-0.3, -0.25) is 4.57 Å². The molecule has 1 aliphatic heterocycles. The number of halogens is 2. The van der Waals surface area contributed by atoms with Gasteiger partial charge in [0.05, 0.1) is 12.9 Å². The fourth-order valence-electron chi connectivity index (χ4n) is 3.52. The summed E-state index contributed by atoms with van der Waals surface area (Å²) in [6.45, 7) is -0.477. The van der Waals surface area contributed by atoms with Gasteiger partial charge in [0.25, 0.3) is 0 Å². The molecule has 1 saturated heterocycles. The van der Waals surface area contributed by atoms with E-state index in [-0.39, 0.29) is 5.28 Å². The molecule has 1 saturated carbocycles. The van der Waals surface area contributed by atoms with E-state index in [1.54, 1.807) is 0 Å². The van der Waals surface area contributed by atoms with Crippen molar-refractivity contribution < 1.29 is 19.3 Å². The Kier molecular flexibility index (Phi) is 4.48. The van der Waals surface area contributed by atoms with Crippen molar-refractivity contribution in [2.24, 2.45) is 0 Å². The zero-order chi connectivity index (χ0) is 17.6. The predicted octanol–water partition coefficient (Wildman–Crippen LogP) is 1.42. The van der Waals surface area contributed by atoms with E-state index in [1.807, 2.05) is 0 Å². The topological polar surface area (TPSA) is 105 Å². The summed E-state index contributed by atoms with van der Waals surface area (Å²) in [7, 11) is 0. The number of aromatic nitrogens is 4. The third-order valence-corrected chi connectivity index (χ3v) is 5.01. The average molecular weight is 372 g/mol. The van der Waals surface area contributed by atoms with Crippen LogP contribution in [0.3, 0.4) is 0 Å². The van der Waals surface area contributed by atoms with Crippen LogP contribution in [-0.4, -0.2) is 60.8 Å². The Bertz CT molecular complexity index is 769. The largest absolute Gasteiger partial charge is 0.394 e. The van der Waals surface area contributed by atoms with Crippen molar-refractivity contribution in [3.05, 3.63) is 11.6 Å². The monoisotopic (exact) mass is 371 g/mol. The number of aliphatic hydroxyl groups excluding tert-OH is 2. The molecule has 0 aromatic carbocycles. The molecule has 2 fully saturated rings. The quantitative estimate of drug-likeness (QED) is 0.698. The second-order valence-electron chi connectivity index (χ2n) is 6.47. The number of imidazole rings is 1. The summed E-state index contributed by atoms with van der Waals surface area (Å²) in [5.74, 6) is 0.508. The smallest absolute Gasteiger partial charge is 0.226 e. The lowest BCUT2D eigenvalue weighted by atomic mass is 10.1. The molecule has 0 unspecified atom stereocenters. The van der Waals surface area contributed by atoms with Crippen LogP contribution in [0.1, 0.15) is 31.9 Å². The van der Waals surface area contributed by atoms with E-state index >= 15 is 0 Å². The molecule has 1 aliphatic carbocycles. The van der Waals surface area contributed by atoms with Crippen LogP contribution in [0.25, 0.3) is 11.2 Å². The zero-order valence-corrected chi connectivity index (χ0v) is 14.1. The number of rotatable bonds is 4. The highest BCUT2D eigenvalue weighted by Crippen LogP contribution is 2.35. The number of hydrogen-bond acceptors (Lipinski definition) is 7. The van der Waals surface area contributed by atoms with Crippen molar-refractivity contribution in [3.8, 4) is 0 Å². The standard InChI is InChI=1S/C15H19ClFN5O3/c16-15-20-12(19-7-3-1-2-4-7)10-13(21-15)22(6-18-10)14-9(17)11(24)8(5-23)25-14/h6-9,11,14,23-24H,1-5H2,(H,19,20,21)/t8-,9+,11-,14-/m1/s1. The lowest BCUT2D eigenvalue weighted by Crippen LogP contribution is -2.30. The predicted molar refractivity (Wildman–Crippen MR) is 88.1 cm³/mol. The van der Waals surface area contributed by atoms with E-state index in [0.717, 1.165) is 25.7 Å². The number of aliphatic hydroxyl groups is 2. The summed E-state index contributed by atoms with van der Waals surface area (Å²) in [4.78, 5) is 12.6. The van der Waals surface area contributed by atoms with E-state index in [4.69, 9.17) is 16.3 Å². The summed E-state index contributed by atoms with van der Waals surface area (Å²) in [6, 6.07) is 0.302. The van der Waals surface area contributed by atoms with Gasteiger partial charge in [0.15, 0.2) is 29.4 Å². The molecule has 4 rings (SSSR count). The average Bonchev–Trinajstić information content (AvgIpc) is 3.29. The number of anilines is 1. The molecule has 8 nitrogen and oxygen atoms in total. The molecule has 10 heteroatoms. The summed E-state index contributed by atoms with van der Waals surface area (Å²) in [5, 5.41) is 22.4. The van der Waals surface area contributed by atoms with Gasteiger partial charge < -0.3 is 20.3 Å². The van der Waals surface area contributed by atoms with E-state index in [9.17, 15) is 14.6 Å². The van der Waals surface area contributed by atoms with Crippen molar-refractivity contribution in [2.75, 3.05) is 11.9 Å². The number of nitrogens with one attached hydrogen (secondary N) is 1. The maximum atomic E-state index is 14.4. The third kappa shape index (κ3) is 2.95. The molecule has 3 N–H and O–H groups in total. The lowest BCUT2D eigenvalue weighted by molar-refractivity contribution is -0.0459. The first-order valence-electron chi connectivity index (χ1n) is 8.33. The van der Waals surface area contributed by atoms with Gasteiger partial charge >= 0.3 is 0 Å². The fourth-order valence-corrected chi connectivity index (χ4v) is 3.68. The first-order chi connectivity index (χ1) is 12.1. The van der Waals surface area contributed by atoms with Crippen LogP contribution < -0.4 is 5.32 Å². The van der Waals surface area contributed by atoms with Gasteiger partial charge in [-0.15, -0.1) is 0 Å². The number of hydrogen-bond donors (Lipinski definition) is 3. The first kappa shape index (κ1) is 16.9. The maximum absolute atomic E-state index is 14.4. The first-order valence-corrected chi connectivity index (χ1v) is 8.71. The Morgan fingerprint density at radius 2 is 2.12 bits per heavy atom. The molecule has 0 amide bonds.